The molecule has 0 bridgehead atoms. The molecule has 26 heavy (non-hydrogen) atoms. The van der Waals surface area contributed by atoms with Crippen LogP contribution in [-0.4, -0.2) is 31.5 Å². The third-order valence-corrected chi connectivity index (χ3v) is 4.67. The van der Waals surface area contributed by atoms with E-state index < -0.39 is 10.8 Å². The number of aromatic hydroxyl groups is 1. The minimum atomic E-state index is -0.520. The number of nitro groups is 1. The summed E-state index contributed by atoms with van der Waals surface area (Å²) in [6.07, 6.45) is 2.83. The van der Waals surface area contributed by atoms with Gasteiger partial charge >= 0.3 is 0 Å². The van der Waals surface area contributed by atoms with Gasteiger partial charge in [0.25, 0.3) is 11.6 Å². The number of amides is 1. The van der Waals surface area contributed by atoms with Crippen molar-refractivity contribution < 1.29 is 14.8 Å². The van der Waals surface area contributed by atoms with Crippen LogP contribution in [0.15, 0.2) is 58.5 Å². The molecule has 0 unspecified atom stereocenters. The summed E-state index contributed by atoms with van der Waals surface area (Å²) in [5.41, 5.74) is 0.800. The van der Waals surface area contributed by atoms with Crippen molar-refractivity contribution in [3.05, 3.63) is 74.7 Å². The number of benzene rings is 2. The van der Waals surface area contributed by atoms with E-state index in [1.807, 2.05) is 0 Å². The van der Waals surface area contributed by atoms with Crippen LogP contribution in [0.4, 0.5) is 5.69 Å². The van der Waals surface area contributed by atoms with Gasteiger partial charge in [-0.2, -0.15) is 10.1 Å². The number of nitro benzene ring substituents is 1. The van der Waals surface area contributed by atoms with Crippen molar-refractivity contribution in [3.63, 3.8) is 0 Å². The van der Waals surface area contributed by atoms with Crippen LogP contribution < -0.4 is 0 Å². The van der Waals surface area contributed by atoms with Crippen LogP contribution >= 0.6 is 24.0 Å². The summed E-state index contributed by atoms with van der Waals surface area (Å²) < 4.78 is 0.219. The Kier molecular flexibility index (Phi) is 5.10. The molecule has 0 spiro atoms. The lowest BCUT2D eigenvalue weighted by Gasteiger charge is -2.06. The molecule has 1 fully saturated rings. The number of thioether (sulfide) groups is 1. The molecule has 1 aliphatic rings. The molecule has 0 atom stereocenters. The molecule has 9 heteroatoms. The smallest absolute Gasteiger partial charge is 0.286 e. The Morgan fingerprint density at radius 3 is 2.73 bits per heavy atom. The summed E-state index contributed by atoms with van der Waals surface area (Å²) in [4.78, 5) is 23.3. The molecule has 7 nitrogen and oxygen atoms in total. The fraction of sp³-hybridized carbons (Fsp3) is 0. The van der Waals surface area contributed by atoms with Crippen LogP contribution in [0.2, 0.25) is 0 Å². The zero-order valence-corrected chi connectivity index (χ0v) is 14.7. The average Bonchev–Trinajstić information content (AvgIpc) is 2.87. The summed E-state index contributed by atoms with van der Waals surface area (Å²) in [6.45, 7) is 0. The molecule has 0 aliphatic carbocycles. The predicted octanol–water partition coefficient (Wildman–Crippen LogP) is 3.54. The molecule has 2 aromatic rings. The van der Waals surface area contributed by atoms with E-state index in [0.29, 0.717) is 10.5 Å². The van der Waals surface area contributed by atoms with Crippen molar-refractivity contribution in [1.29, 1.82) is 0 Å². The van der Waals surface area contributed by atoms with Crippen molar-refractivity contribution in [1.82, 2.24) is 5.01 Å². The highest BCUT2D eigenvalue weighted by Gasteiger charge is 2.32. The number of carbonyl (C=O) groups excluding carboxylic acids is 1. The SMILES string of the molecule is O=C1/C(=C\c2cccc(O)c2)SC(=S)N1/N=C/c1ccccc1[N+](=O)[O-]. The standard InChI is InChI=1S/C17H11N3O4S2/c21-13-6-3-4-11(8-13)9-15-16(22)19(17(25)26-15)18-10-12-5-1-2-7-14(12)20(23)24/h1-10,21H/b15-9+,18-10+. The quantitative estimate of drug-likeness (QED) is 0.284. The molecule has 1 saturated heterocycles. The summed E-state index contributed by atoms with van der Waals surface area (Å²) in [7, 11) is 0. The molecule has 1 amide bonds. The summed E-state index contributed by atoms with van der Waals surface area (Å²) >= 11 is 6.23. The number of thiocarbonyl (C=S) groups is 1. The van der Waals surface area contributed by atoms with E-state index in [-0.39, 0.29) is 21.3 Å². The molecule has 1 N–H and O–H groups in total. The van der Waals surface area contributed by atoms with Crippen LogP contribution in [0.3, 0.4) is 0 Å². The Morgan fingerprint density at radius 1 is 1.23 bits per heavy atom. The lowest BCUT2D eigenvalue weighted by Crippen LogP contribution is -2.22. The molecule has 3 rings (SSSR count). The van der Waals surface area contributed by atoms with Gasteiger partial charge in [-0.1, -0.05) is 36.0 Å². The zero-order valence-electron chi connectivity index (χ0n) is 13.1. The van der Waals surface area contributed by atoms with E-state index in [9.17, 15) is 20.0 Å². The largest absolute Gasteiger partial charge is 0.508 e. The van der Waals surface area contributed by atoms with E-state index >= 15 is 0 Å². The van der Waals surface area contributed by atoms with Gasteiger partial charge in [-0.15, -0.1) is 0 Å². The van der Waals surface area contributed by atoms with Crippen molar-refractivity contribution in [2.45, 2.75) is 0 Å². The topological polar surface area (TPSA) is 96.0 Å². The van der Waals surface area contributed by atoms with E-state index in [2.05, 4.69) is 5.10 Å². The van der Waals surface area contributed by atoms with Crippen LogP contribution in [0.5, 0.6) is 5.75 Å². The average molecular weight is 385 g/mol. The van der Waals surface area contributed by atoms with E-state index in [1.54, 1.807) is 30.3 Å². The van der Waals surface area contributed by atoms with Crippen LogP contribution in [-0.2, 0) is 4.79 Å². The highest BCUT2D eigenvalue weighted by Crippen LogP contribution is 2.33. The van der Waals surface area contributed by atoms with Crippen LogP contribution in [0.1, 0.15) is 11.1 Å². The number of carbonyl (C=O) groups is 1. The first-order valence-corrected chi connectivity index (χ1v) is 8.52. The number of phenolic OH excluding ortho intramolecular Hbond substituents is 1. The number of hydrogen-bond donors (Lipinski definition) is 1. The summed E-state index contributed by atoms with van der Waals surface area (Å²) in [6, 6.07) is 12.5. The van der Waals surface area contributed by atoms with Crippen molar-refractivity contribution >= 4 is 52.2 Å². The molecule has 1 aliphatic heterocycles. The Labute approximate surface area is 157 Å². The van der Waals surface area contributed by atoms with Gasteiger partial charge in [-0.05, 0) is 42.1 Å². The van der Waals surface area contributed by atoms with Gasteiger partial charge in [0.1, 0.15) is 5.75 Å². The number of phenols is 1. The molecule has 0 aromatic heterocycles. The van der Waals surface area contributed by atoms with Crippen molar-refractivity contribution in [2.75, 3.05) is 0 Å². The zero-order chi connectivity index (χ0) is 18.7. The van der Waals surface area contributed by atoms with Gasteiger partial charge in [0.15, 0.2) is 4.32 Å². The molecule has 2 aromatic carbocycles. The molecule has 1 heterocycles. The second-order valence-corrected chi connectivity index (χ2v) is 6.82. The number of nitrogens with zero attached hydrogens (tertiary/aromatic N) is 3. The van der Waals surface area contributed by atoms with Gasteiger partial charge in [-0.25, -0.2) is 0 Å². The van der Waals surface area contributed by atoms with Gasteiger partial charge in [0, 0.05) is 6.07 Å². The number of para-hydroxylation sites is 1. The first-order chi connectivity index (χ1) is 12.5. The second-order valence-electron chi connectivity index (χ2n) is 5.15. The summed E-state index contributed by atoms with van der Waals surface area (Å²) in [5, 5.41) is 25.6. The summed E-state index contributed by atoms with van der Waals surface area (Å²) in [5.74, 6) is -0.346. The Bertz CT molecular complexity index is 972. The molecule has 0 radical (unpaired) electrons. The predicted molar refractivity (Wildman–Crippen MR) is 104 cm³/mol. The first-order valence-electron chi connectivity index (χ1n) is 7.30. The lowest BCUT2D eigenvalue weighted by molar-refractivity contribution is -0.385. The first kappa shape index (κ1) is 17.8. The van der Waals surface area contributed by atoms with E-state index in [1.165, 1.54) is 30.5 Å². The Balaban J connectivity index is 1.85. The van der Waals surface area contributed by atoms with Crippen LogP contribution in [0.25, 0.3) is 6.08 Å². The third-order valence-electron chi connectivity index (χ3n) is 3.39. The maximum Gasteiger partial charge on any atom is 0.286 e. The highest BCUT2D eigenvalue weighted by molar-refractivity contribution is 8.26. The van der Waals surface area contributed by atoms with Crippen molar-refractivity contribution in [3.8, 4) is 5.75 Å². The van der Waals surface area contributed by atoms with Gasteiger partial charge in [0.2, 0.25) is 0 Å². The van der Waals surface area contributed by atoms with E-state index in [0.717, 1.165) is 16.8 Å². The highest BCUT2D eigenvalue weighted by atomic mass is 32.2. The lowest BCUT2D eigenvalue weighted by atomic mass is 10.2. The van der Waals surface area contributed by atoms with Gasteiger partial charge in [-0.3, -0.25) is 14.9 Å². The second kappa shape index (κ2) is 7.46. The normalized spacial score (nSPS) is 16.0. The third kappa shape index (κ3) is 3.79. The molecule has 0 saturated carbocycles. The maximum atomic E-state index is 12.5. The fourth-order valence-corrected chi connectivity index (χ4v) is 3.38. The monoisotopic (exact) mass is 385 g/mol. The Hall–Kier alpha value is -3.04. The number of hydrogen-bond acceptors (Lipinski definition) is 7. The fourth-order valence-electron chi connectivity index (χ4n) is 2.21. The Morgan fingerprint density at radius 2 is 2.00 bits per heavy atom. The van der Waals surface area contributed by atoms with E-state index in [4.69, 9.17) is 12.2 Å². The van der Waals surface area contributed by atoms with Crippen molar-refractivity contribution in [2.24, 2.45) is 5.10 Å². The minimum Gasteiger partial charge on any atom is -0.508 e. The number of rotatable bonds is 4. The minimum absolute atomic E-state index is 0.0867. The van der Waals surface area contributed by atoms with Gasteiger partial charge in [0.05, 0.1) is 21.6 Å². The molecule has 130 valence electrons. The molecular weight excluding hydrogens is 374 g/mol. The van der Waals surface area contributed by atoms with Gasteiger partial charge < -0.3 is 5.11 Å². The molecular formula is C17H11N3O4S2. The van der Waals surface area contributed by atoms with Crippen LogP contribution in [0, 0.1) is 10.1 Å². The number of hydrazone groups is 1. The maximum absolute atomic E-state index is 12.5.